The maximum absolute atomic E-state index is 11.2. The summed E-state index contributed by atoms with van der Waals surface area (Å²) in [7, 11) is 0. The minimum absolute atomic E-state index is 0.0265. The molecule has 3 aliphatic rings. The lowest BCUT2D eigenvalue weighted by Gasteiger charge is -2.42. The van der Waals surface area contributed by atoms with Crippen molar-refractivity contribution in [3.8, 4) is 0 Å². The summed E-state index contributed by atoms with van der Waals surface area (Å²) in [5.41, 5.74) is 0. The van der Waals surface area contributed by atoms with Crippen molar-refractivity contribution in [2.45, 2.75) is 31.9 Å². The molecule has 3 saturated heterocycles. The molecule has 0 aliphatic carbocycles. The maximum atomic E-state index is 11.2. The van der Waals surface area contributed by atoms with Gasteiger partial charge in [-0.05, 0) is 12.8 Å². The van der Waals surface area contributed by atoms with Crippen molar-refractivity contribution in [3.05, 3.63) is 0 Å². The molecule has 0 aromatic rings. The van der Waals surface area contributed by atoms with E-state index in [1.165, 1.54) is 6.92 Å². The Hall–Kier alpha value is -1.06. The Labute approximate surface area is 70.5 Å². The molecule has 0 aromatic heterocycles. The average Bonchev–Trinajstić information content (AvgIpc) is 2.04. The average molecular weight is 169 g/mol. The highest BCUT2D eigenvalue weighted by Crippen LogP contribution is 2.26. The van der Waals surface area contributed by atoms with Gasteiger partial charge in [0.15, 0.2) is 0 Å². The summed E-state index contributed by atoms with van der Waals surface area (Å²) in [6.45, 7) is 2.08. The predicted molar refractivity (Wildman–Crippen MR) is 40.3 cm³/mol. The third-order valence-electron chi connectivity index (χ3n) is 2.50. The molecular formula is C8H11NO3. The second kappa shape index (κ2) is 2.47. The monoisotopic (exact) mass is 169 g/mol. The van der Waals surface area contributed by atoms with Gasteiger partial charge in [0.25, 0.3) is 0 Å². The smallest absolute Gasteiger partial charge is 0.329 e. The molecule has 3 heterocycles. The normalized spacial score (nSPS) is 33.4. The van der Waals surface area contributed by atoms with Gasteiger partial charge < -0.3 is 9.64 Å². The van der Waals surface area contributed by atoms with Gasteiger partial charge in [-0.15, -0.1) is 0 Å². The van der Waals surface area contributed by atoms with Gasteiger partial charge in [0, 0.05) is 6.92 Å². The van der Waals surface area contributed by atoms with Crippen LogP contribution in [0.15, 0.2) is 0 Å². The fourth-order valence-corrected chi connectivity index (χ4v) is 1.87. The van der Waals surface area contributed by atoms with Gasteiger partial charge in [-0.25, -0.2) is 4.79 Å². The predicted octanol–water partition coefficient (Wildman–Crippen LogP) is -0.0773. The third-order valence-corrected chi connectivity index (χ3v) is 2.50. The van der Waals surface area contributed by atoms with Crippen molar-refractivity contribution in [1.82, 2.24) is 4.90 Å². The summed E-state index contributed by atoms with van der Waals surface area (Å²) in [5, 5.41) is 0. The molecular weight excluding hydrogens is 158 g/mol. The van der Waals surface area contributed by atoms with Crippen LogP contribution in [0.25, 0.3) is 0 Å². The Bertz CT molecular complexity index is 238. The lowest BCUT2D eigenvalue weighted by Crippen LogP contribution is -2.58. The first kappa shape index (κ1) is 7.58. The number of carbonyl (C=O) groups is 2. The van der Waals surface area contributed by atoms with E-state index in [9.17, 15) is 9.59 Å². The van der Waals surface area contributed by atoms with Crippen LogP contribution >= 0.6 is 0 Å². The van der Waals surface area contributed by atoms with Gasteiger partial charge >= 0.3 is 5.97 Å². The van der Waals surface area contributed by atoms with Crippen LogP contribution in [0.3, 0.4) is 0 Å². The van der Waals surface area contributed by atoms with E-state index < -0.39 is 0 Å². The second-order valence-corrected chi connectivity index (χ2v) is 3.32. The maximum Gasteiger partial charge on any atom is 0.329 e. The molecule has 3 rings (SSSR count). The fraction of sp³-hybridized carbons (Fsp3) is 0.750. The fourth-order valence-electron chi connectivity index (χ4n) is 1.87. The number of rotatable bonds is 0. The molecule has 3 aliphatic heterocycles. The number of morpholine rings is 1. The molecule has 4 heteroatoms. The van der Waals surface area contributed by atoms with Gasteiger partial charge in [0.1, 0.15) is 12.1 Å². The van der Waals surface area contributed by atoms with E-state index in [1.54, 1.807) is 4.90 Å². The minimum Gasteiger partial charge on any atom is -0.459 e. The van der Waals surface area contributed by atoms with Gasteiger partial charge in [-0.3, -0.25) is 4.79 Å². The van der Waals surface area contributed by atoms with E-state index in [0.717, 1.165) is 12.8 Å². The van der Waals surface area contributed by atoms with Crippen molar-refractivity contribution < 1.29 is 14.3 Å². The van der Waals surface area contributed by atoms with Crippen molar-refractivity contribution in [1.29, 1.82) is 0 Å². The van der Waals surface area contributed by atoms with E-state index in [2.05, 4.69) is 0 Å². The molecule has 0 N–H and O–H groups in total. The number of nitrogens with zero attached hydrogens (tertiary/aromatic N) is 1. The Balaban J connectivity index is 2.19. The first-order chi connectivity index (χ1) is 5.68. The molecule has 0 saturated carbocycles. The van der Waals surface area contributed by atoms with Gasteiger partial charge in [0.05, 0.1) is 6.54 Å². The lowest BCUT2D eigenvalue weighted by molar-refractivity contribution is -0.180. The van der Waals surface area contributed by atoms with Crippen LogP contribution in [0.1, 0.15) is 19.8 Å². The second-order valence-electron chi connectivity index (χ2n) is 3.32. The van der Waals surface area contributed by atoms with Crippen LogP contribution in [0.4, 0.5) is 0 Å². The molecule has 0 radical (unpaired) electrons. The third kappa shape index (κ3) is 0.983. The highest BCUT2D eigenvalue weighted by atomic mass is 16.6. The summed E-state index contributed by atoms with van der Waals surface area (Å²) in [6.07, 6.45) is 1.62. The number of fused-ring (bicyclic) bond motifs is 3. The number of amides is 1. The zero-order valence-corrected chi connectivity index (χ0v) is 6.95. The number of ether oxygens (including phenoxy) is 1. The van der Waals surface area contributed by atoms with E-state index >= 15 is 0 Å². The quantitative estimate of drug-likeness (QED) is 0.476. The van der Waals surface area contributed by atoms with Crippen molar-refractivity contribution in [2.24, 2.45) is 0 Å². The van der Waals surface area contributed by atoms with Gasteiger partial charge in [-0.2, -0.15) is 0 Å². The van der Waals surface area contributed by atoms with Gasteiger partial charge in [-0.1, -0.05) is 0 Å². The first-order valence-electron chi connectivity index (χ1n) is 4.16. The SMILES string of the molecule is CC(=O)N1C[C@@H]2CC[C@H]1C(=O)O2. The molecule has 66 valence electrons. The van der Waals surface area contributed by atoms with Crippen LogP contribution < -0.4 is 0 Å². The lowest BCUT2D eigenvalue weighted by atomic mass is 9.96. The standard InChI is InChI=1S/C8H11NO3/c1-5(10)9-4-6-2-3-7(9)8(11)12-6/h6-7H,2-4H2,1H3/t6-,7-/m0/s1. The van der Waals surface area contributed by atoms with E-state index in [1.807, 2.05) is 0 Å². The zero-order chi connectivity index (χ0) is 8.72. The number of carbonyl (C=O) groups excluding carboxylic acids is 2. The van der Waals surface area contributed by atoms with Crippen LogP contribution in [0.2, 0.25) is 0 Å². The van der Waals surface area contributed by atoms with E-state index in [0.29, 0.717) is 6.54 Å². The Morgan fingerprint density at radius 2 is 2.33 bits per heavy atom. The summed E-state index contributed by atoms with van der Waals surface area (Å²) in [4.78, 5) is 23.8. The topological polar surface area (TPSA) is 46.6 Å². The molecule has 4 nitrogen and oxygen atoms in total. The number of hydrogen-bond acceptors (Lipinski definition) is 3. The van der Waals surface area contributed by atoms with Crippen molar-refractivity contribution in [2.75, 3.05) is 6.54 Å². The molecule has 1 amide bonds. The molecule has 0 aromatic carbocycles. The van der Waals surface area contributed by atoms with E-state index in [-0.39, 0.29) is 24.0 Å². The summed E-state index contributed by atoms with van der Waals surface area (Å²) in [5.74, 6) is -0.256. The molecule has 3 fully saturated rings. The van der Waals surface area contributed by atoms with E-state index in [4.69, 9.17) is 4.74 Å². The van der Waals surface area contributed by atoms with Gasteiger partial charge in [0.2, 0.25) is 5.91 Å². The Morgan fingerprint density at radius 1 is 1.58 bits per heavy atom. The van der Waals surface area contributed by atoms with Crippen molar-refractivity contribution in [3.63, 3.8) is 0 Å². The number of piperidine rings is 1. The summed E-state index contributed by atoms with van der Waals surface area (Å²) in [6, 6.07) is -0.299. The largest absolute Gasteiger partial charge is 0.459 e. The van der Waals surface area contributed by atoms with Crippen LogP contribution in [-0.4, -0.2) is 35.5 Å². The molecule has 0 spiro atoms. The Morgan fingerprint density at radius 3 is 2.75 bits per heavy atom. The number of esters is 1. The minimum atomic E-state index is -0.299. The van der Waals surface area contributed by atoms with Crippen LogP contribution in [0, 0.1) is 0 Å². The molecule has 2 atom stereocenters. The highest BCUT2D eigenvalue weighted by Gasteiger charge is 2.42. The van der Waals surface area contributed by atoms with Crippen LogP contribution in [0.5, 0.6) is 0 Å². The zero-order valence-electron chi connectivity index (χ0n) is 6.95. The summed E-state index contributed by atoms with van der Waals surface area (Å²) >= 11 is 0. The molecule has 2 bridgehead atoms. The first-order valence-corrected chi connectivity index (χ1v) is 4.16. The Kier molecular flexibility index (Phi) is 1.56. The van der Waals surface area contributed by atoms with Crippen LogP contribution in [-0.2, 0) is 14.3 Å². The molecule has 12 heavy (non-hydrogen) atoms. The number of hydrogen-bond donors (Lipinski definition) is 0. The highest BCUT2D eigenvalue weighted by molar-refractivity contribution is 5.85. The summed E-state index contributed by atoms with van der Waals surface area (Å²) < 4.78 is 5.03. The van der Waals surface area contributed by atoms with Crippen molar-refractivity contribution >= 4 is 11.9 Å². The molecule has 0 unspecified atom stereocenters.